The molecule has 0 aliphatic carbocycles. The lowest BCUT2D eigenvalue weighted by molar-refractivity contribution is 0.230. The maximum absolute atomic E-state index is 5.86. The van der Waals surface area contributed by atoms with Crippen LogP contribution in [0.5, 0.6) is 0 Å². The highest BCUT2D eigenvalue weighted by Crippen LogP contribution is 2.23. The first kappa shape index (κ1) is 14.3. The van der Waals surface area contributed by atoms with Crippen molar-refractivity contribution < 1.29 is 4.42 Å². The quantitative estimate of drug-likeness (QED) is 0.937. The SMILES string of the molecule is CCc1ccc(-c2nc(CN3CCNCC3)c(C)o2)cc1. The lowest BCUT2D eigenvalue weighted by atomic mass is 10.1. The molecule has 1 aromatic carbocycles. The molecule has 1 aliphatic heterocycles. The number of rotatable bonds is 4. The summed E-state index contributed by atoms with van der Waals surface area (Å²) in [5, 5.41) is 3.37. The van der Waals surface area contributed by atoms with E-state index in [1.165, 1.54) is 5.56 Å². The minimum atomic E-state index is 0.736. The first-order valence-electron chi connectivity index (χ1n) is 7.75. The molecule has 1 N–H and O–H groups in total. The number of nitrogens with zero attached hydrogens (tertiary/aromatic N) is 2. The molecule has 4 nitrogen and oxygen atoms in total. The van der Waals surface area contributed by atoms with Crippen LogP contribution in [0.25, 0.3) is 11.5 Å². The molecule has 0 saturated carbocycles. The van der Waals surface area contributed by atoms with Gasteiger partial charge in [0, 0.05) is 38.3 Å². The van der Waals surface area contributed by atoms with Gasteiger partial charge in [-0.1, -0.05) is 19.1 Å². The third kappa shape index (κ3) is 3.34. The highest BCUT2D eigenvalue weighted by Gasteiger charge is 2.16. The average molecular weight is 285 g/mol. The van der Waals surface area contributed by atoms with Crippen molar-refractivity contribution in [1.29, 1.82) is 0 Å². The maximum atomic E-state index is 5.86. The molecule has 0 unspecified atom stereocenters. The standard InChI is InChI=1S/C17H23N3O/c1-3-14-4-6-15(7-5-14)17-19-16(13(2)21-17)12-20-10-8-18-9-11-20/h4-7,18H,3,8-12H2,1-2H3. The second kappa shape index (κ2) is 6.41. The third-order valence-electron chi connectivity index (χ3n) is 4.08. The van der Waals surface area contributed by atoms with Gasteiger partial charge in [0.05, 0.1) is 5.69 Å². The summed E-state index contributed by atoms with van der Waals surface area (Å²) in [6.07, 6.45) is 1.05. The molecule has 1 saturated heterocycles. The van der Waals surface area contributed by atoms with E-state index in [0.717, 1.165) is 62.1 Å². The van der Waals surface area contributed by atoms with Gasteiger partial charge < -0.3 is 9.73 Å². The van der Waals surface area contributed by atoms with E-state index in [4.69, 9.17) is 9.40 Å². The van der Waals surface area contributed by atoms with Gasteiger partial charge >= 0.3 is 0 Å². The van der Waals surface area contributed by atoms with Crippen LogP contribution in [-0.2, 0) is 13.0 Å². The Morgan fingerprint density at radius 1 is 1.19 bits per heavy atom. The van der Waals surface area contributed by atoms with Crippen molar-refractivity contribution in [3.63, 3.8) is 0 Å². The van der Waals surface area contributed by atoms with Crippen LogP contribution in [0, 0.1) is 6.92 Å². The van der Waals surface area contributed by atoms with E-state index in [1.54, 1.807) is 0 Å². The molecular formula is C17H23N3O. The zero-order valence-electron chi connectivity index (χ0n) is 12.9. The average Bonchev–Trinajstić information content (AvgIpc) is 2.89. The Morgan fingerprint density at radius 2 is 1.90 bits per heavy atom. The van der Waals surface area contributed by atoms with Crippen LogP contribution >= 0.6 is 0 Å². The molecule has 2 aromatic rings. The van der Waals surface area contributed by atoms with Gasteiger partial charge in [-0.15, -0.1) is 0 Å². The molecule has 21 heavy (non-hydrogen) atoms. The van der Waals surface area contributed by atoms with E-state index >= 15 is 0 Å². The summed E-state index contributed by atoms with van der Waals surface area (Å²) in [7, 11) is 0. The second-order valence-corrected chi connectivity index (χ2v) is 5.60. The molecule has 0 bridgehead atoms. The van der Waals surface area contributed by atoms with Crippen molar-refractivity contribution in [3.05, 3.63) is 41.3 Å². The second-order valence-electron chi connectivity index (χ2n) is 5.60. The van der Waals surface area contributed by atoms with E-state index in [1.807, 2.05) is 6.92 Å². The summed E-state index contributed by atoms with van der Waals surface area (Å²) < 4.78 is 5.86. The van der Waals surface area contributed by atoms with E-state index in [2.05, 4.69) is 41.4 Å². The fourth-order valence-electron chi connectivity index (χ4n) is 2.66. The van der Waals surface area contributed by atoms with Gasteiger partial charge in [0.15, 0.2) is 0 Å². The summed E-state index contributed by atoms with van der Waals surface area (Å²) in [6, 6.07) is 8.48. The van der Waals surface area contributed by atoms with Gasteiger partial charge in [0.1, 0.15) is 5.76 Å². The number of hydrogen-bond donors (Lipinski definition) is 1. The summed E-state index contributed by atoms with van der Waals surface area (Å²) >= 11 is 0. The molecule has 0 amide bonds. The molecule has 0 radical (unpaired) electrons. The molecule has 3 rings (SSSR count). The number of benzene rings is 1. The van der Waals surface area contributed by atoms with Crippen molar-refractivity contribution in [2.75, 3.05) is 26.2 Å². The zero-order valence-corrected chi connectivity index (χ0v) is 12.9. The smallest absolute Gasteiger partial charge is 0.226 e. The summed E-state index contributed by atoms with van der Waals surface area (Å²) in [5.41, 5.74) is 3.45. The molecule has 112 valence electrons. The number of piperazine rings is 1. The molecule has 4 heteroatoms. The lowest BCUT2D eigenvalue weighted by Crippen LogP contribution is -2.43. The minimum absolute atomic E-state index is 0.736. The van der Waals surface area contributed by atoms with Crippen LogP contribution < -0.4 is 5.32 Å². The number of oxazole rings is 1. The molecule has 0 spiro atoms. The van der Waals surface area contributed by atoms with Gasteiger partial charge in [-0.2, -0.15) is 0 Å². The van der Waals surface area contributed by atoms with E-state index in [9.17, 15) is 0 Å². The molecule has 1 aliphatic rings. The molecule has 0 atom stereocenters. The normalized spacial score (nSPS) is 16.3. The highest BCUT2D eigenvalue weighted by atomic mass is 16.4. The fraction of sp³-hybridized carbons (Fsp3) is 0.471. The molecular weight excluding hydrogens is 262 g/mol. The minimum Gasteiger partial charge on any atom is -0.441 e. The monoisotopic (exact) mass is 285 g/mol. The van der Waals surface area contributed by atoms with Gasteiger partial charge in [0.2, 0.25) is 5.89 Å². The Bertz CT molecular complexity index is 583. The van der Waals surface area contributed by atoms with Gasteiger partial charge in [-0.05, 0) is 31.0 Å². The van der Waals surface area contributed by atoms with E-state index in [0.29, 0.717) is 0 Å². The number of nitrogens with one attached hydrogen (secondary N) is 1. The summed E-state index contributed by atoms with van der Waals surface area (Å²) in [5.74, 6) is 1.67. The maximum Gasteiger partial charge on any atom is 0.226 e. The van der Waals surface area contributed by atoms with Crippen molar-refractivity contribution in [2.45, 2.75) is 26.8 Å². The predicted octanol–water partition coefficient (Wildman–Crippen LogP) is 2.62. The van der Waals surface area contributed by atoms with Crippen molar-refractivity contribution in [2.24, 2.45) is 0 Å². The van der Waals surface area contributed by atoms with Crippen LogP contribution in [0.4, 0.5) is 0 Å². The van der Waals surface area contributed by atoms with Crippen molar-refractivity contribution in [3.8, 4) is 11.5 Å². The fourth-order valence-corrected chi connectivity index (χ4v) is 2.66. The lowest BCUT2D eigenvalue weighted by Gasteiger charge is -2.26. The summed E-state index contributed by atoms with van der Waals surface area (Å²) in [4.78, 5) is 7.12. The predicted molar refractivity (Wildman–Crippen MR) is 84.2 cm³/mol. The third-order valence-corrected chi connectivity index (χ3v) is 4.08. The first-order chi connectivity index (χ1) is 10.3. The molecule has 1 fully saturated rings. The van der Waals surface area contributed by atoms with Gasteiger partial charge in [-0.3, -0.25) is 4.90 Å². The number of hydrogen-bond acceptors (Lipinski definition) is 4. The summed E-state index contributed by atoms with van der Waals surface area (Å²) in [6.45, 7) is 9.32. The Kier molecular flexibility index (Phi) is 4.36. The zero-order chi connectivity index (χ0) is 14.7. The highest BCUT2D eigenvalue weighted by molar-refractivity contribution is 5.54. The van der Waals surface area contributed by atoms with E-state index < -0.39 is 0 Å². The number of aryl methyl sites for hydroxylation is 2. The topological polar surface area (TPSA) is 41.3 Å². The number of aromatic nitrogens is 1. The Balaban J connectivity index is 1.76. The van der Waals surface area contributed by atoms with Crippen LogP contribution in [0.15, 0.2) is 28.7 Å². The van der Waals surface area contributed by atoms with Crippen LogP contribution in [0.2, 0.25) is 0 Å². The van der Waals surface area contributed by atoms with Crippen molar-refractivity contribution in [1.82, 2.24) is 15.2 Å². The Morgan fingerprint density at radius 3 is 2.57 bits per heavy atom. The molecule has 2 heterocycles. The van der Waals surface area contributed by atoms with Gasteiger partial charge in [0.25, 0.3) is 0 Å². The van der Waals surface area contributed by atoms with Crippen LogP contribution in [0.1, 0.15) is 23.9 Å². The van der Waals surface area contributed by atoms with Crippen LogP contribution in [0.3, 0.4) is 0 Å². The largest absolute Gasteiger partial charge is 0.441 e. The van der Waals surface area contributed by atoms with Crippen molar-refractivity contribution >= 4 is 0 Å². The van der Waals surface area contributed by atoms with Gasteiger partial charge in [-0.25, -0.2) is 4.98 Å². The van der Waals surface area contributed by atoms with Crippen LogP contribution in [-0.4, -0.2) is 36.1 Å². The first-order valence-corrected chi connectivity index (χ1v) is 7.75. The Hall–Kier alpha value is -1.65. The Labute approximate surface area is 126 Å². The van der Waals surface area contributed by atoms with E-state index in [-0.39, 0.29) is 0 Å². The molecule has 1 aromatic heterocycles.